The molecule has 1 aliphatic rings. The third-order valence-electron chi connectivity index (χ3n) is 4.67. The van der Waals surface area contributed by atoms with Gasteiger partial charge in [0.15, 0.2) is 0 Å². The van der Waals surface area contributed by atoms with Crippen molar-refractivity contribution < 1.29 is 9.66 Å². The third kappa shape index (κ3) is 3.58. The standard InChI is InChI=1S/C17H23N5O3/c1-13-17(22(23)24)14(2)21(18-13)12-19-8-10-20(11-9-19)15-4-6-16(25-3)7-5-15/h4-7H,8-12H2,1-3H3. The number of nitrogens with zero attached hydrogens (tertiary/aromatic N) is 5. The van der Waals surface area contributed by atoms with E-state index in [2.05, 4.69) is 27.0 Å². The van der Waals surface area contributed by atoms with Gasteiger partial charge >= 0.3 is 5.69 Å². The minimum atomic E-state index is -0.351. The van der Waals surface area contributed by atoms with Gasteiger partial charge in [-0.3, -0.25) is 15.0 Å². The second-order valence-corrected chi connectivity index (χ2v) is 6.22. The van der Waals surface area contributed by atoms with Crippen LogP contribution in [0.25, 0.3) is 0 Å². The summed E-state index contributed by atoms with van der Waals surface area (Å²) >= 11 is 0. The van der Waals surface area contributed by atoms with E-state index in [0.717, 1.165) is 31.9 Å². The van der Waals surface area contributed by atoms with Gasteiger partial charge in [0, 0.05) is 31.9 Å². The number of ether oxygens (including phenoxy) is 1. The normalized spacial score (nSPS) is 15.4. The minimum Gasteiger partial charge on any atom is -0.497 e. The van der Waals surface area contributed by atoms with Gasteiger partial charge in [0.05, 0.1) is 18.7 Å². The summed E-state index contributed by atoms with van der Waals surface area (Å²) in [5, 5.41) is 15.4. The summed E-state index contributed by atoms with van der Waals surface area (Å²) in [5.41, 5.74) is 2.39. The van der Waals surface area contributed by atoms with Gasteiger partial charge in [-0.25, -0.2) is 4.68 Å². The zero-order valence-electron chi connectivity index (χ0n) is 14.8. The van der Waals surface area contributed by atoms with E-state index in [9.17, 15) is 10.1 Å². The molecule has 1 aromatic carbocycles. The van der Waals surface area contributed by atoms with E-state index < -0.39 is 0 Å². The van der Waals surface area contributed by atoms with E-state index in [1.54, 1.807) is 25.6 Å². The first kappa shape index (κ1) is 17.2. The number of aryl methyl sites for hydroxylation is 1. The second-order valence-electron chi connectivity index (χ2n) is 6.22. The molecular formula is C17H23N5O3. The minimum absolute atomic E-state index is 0.122. The Bertz CT molecular complexity index is 748. The first-order valence-electron chi connectivity index (χ1n) is 8.29. The van der Waals surface area contributed by atoms with Crippen molar-refractivity contribution in [1.29, 1.82) is 0 Å². The van der Waals surface area contributed by atoms with E-state index >= 15 is 0 Å². The molecule has 8 nitrogen and oxygen atoms in total. The Kier molecular flexibility index (Phi) is 4.89. The van der Waals surface area contributed by atoms with Crippen LogP contribution in [-0.2, 0) is 6.67 Å². The molecule has 8 heteroatoms. The molecule has 0 unspecified atom stereocenters. The van der Waals surface area contributed by atoms with Crippen molar-refractivity contribution in [2.24, 2.45) is 0 Å². The fraction of sp³-hybridized carbons (Fsp3) is 0.471. The lowest BCUT2D eigenvalue weighted by molar-refractivity contribution is -0.386. The Morgan fingerprint density at radius 3 is 2.32 bits per heavy atom. The van der Waals surface area contributed by atoms with Gasteiger partial charge in [-0.1, -0.05) is 0 Å². The van der Waals surface area contributed by atoms with E-state index in [-0.39, 0.29) is 10.6 Å². The summed E-state index contributed by atoms with van der Waals surface area (Å²) in [5.74, 6) is 0.855. The van der Waals surface area contributed by atoms with Crippen LogP contribution in [0.3, 0.4) is 0 Å². The van der Waals surface area contributed by atoms with Crippen LogP contribution in [-0.4, -0.2) is 52.9 Å². The summed E-state index contributed by atoms with van der Waals surface area (Å²) in [4.78, 5) is 15.4. The molecule has 3 rings (SSSR count). The number of anilines is 1. The molecule has 0 bridgehead atoms. The molecule has 134 valence electrons. The van der Waals surface area contributed by atoms with Crippen LogP contribution in [0.4, 0.5) is 11.4 Å². The Labute approximate surface area is 146 Å². The Balaban J connectivity index is 1.61. The highest BCUT2D eigenvalue weighted by atomic mass is 16.6. The van der Waals surface area contributed by atoms with Gasteiger partial charge < -0.3 is 9.64 Å². The van der Waals surface area contributed by atoms with E-state index in [4.69, 9.17) is 4.74 Å². The Morgan fingerprint density at radius 1 is 1.16 bits per heavy atom. The molecule has 0 atom stereocenters. The van der Waals surface area contributed by atoms with E-state index in [1.165, 1.54) is 5.69 Å². The predicted molar refractivity (Wildman–Crippen MR) is 95.1 cm³/mol. The highest BCUT2D eigenvalue weighted by molar-refractivity contribution is 5.49. The summed E-state index contributed by atoms with van der Waals surface area (Å²) < 4.78 is 6.93. The van der Waals surface area contributed by atoms with Crippen molar-refractivity contribution in [2.45, 2.75) is 20.5 Å². The average molecular weight is 345 g/mol. The number of benzene rings is 1. The number of aromatic nitrogens is 2. The molecule has 0 spiro atoms. The molecule has 2 aromatic rings. The number of nitro groups is 1. The number of piperazine rings is 1. The van der Waals surface area contributed by atoms with Crippen LogP contribution < -0.4 is 9.64 Å². The van der Waals surface area contributed by atoms with E-state index in [1.807, 2.05) is 12.1 Å². The number of hydrogen-bond acceptors (Lipinski definition) is 6. The topological polar surface area (TPSA) is 76.7 Å². The number of methoxy groups -OCH3 is 1. The maximum atomic E-state index is 11.1. The van der Waals surface area contributed by atoms with Crippen LogP contribution in [0.15, 0.2) is 24.3 Å². The monoisotopic (exact) mass is 345 g/mol. The van der Waals surface area contributed by atoms with Crippen LogP contribution >= 0.6 is 0 Å². The lowest BCUT2D eigenvalue weighted by atomic mass is 10.2. The van der Waals surface area contributed by atoms with Gasteiger partial charge in [-0.2, -0.15) is 5.10 Å². The molecule has 1 aliphatic heterocycles. The molecule has 0 saturated carbocycles. The molecular weight excluding hydrogens is 322 g/mol. The van der Waals surface area contributed by atoms with Gasteiger partial charge in [0.2, 0.25) is 0 Å². The zero-order valence-corrected chi connectivity index (χ0v) is 14.8. The van der Waals surface area contributed by atoms with Crippen LogP contribution in [0.2, 0.25) is 0 Å². The second kappa shape index (κ2) is 7.10. The Morgan fingerprint density at radius 2 is 1.80 bits per heavy atom. The molecule has 1 fully saturated rings. The lowest BCUT2D eigenvalue weighted by Crippen LogP contribution is -2.47. The van der Waals surface area contributed by atoms with Crippen molar-refractivity contribution in [3.05, 3.63) is 45.8 Å². The zero-order chi connectivity index (χ0) is 18.0. The molecule has 0 amide bonds. The first-order chi connectivity index (χ1) is 12.0. The molecule has 0 N–H and O–H groups in total. The highest BCUT2D eigenvalue weighted by Crippen LogP contribution is 2.23. The smallest absolute Gasteiger partial charge is 0.312 e. The van der Waals surface area contributed by atoms with E-state index in [0.29, 0.717) is 18.1 Å². The maximum Gasteiger partial charge on any atom is 0.312 e. The van der Waals surface area contributed by atoms with Crippen LogP contribution in [0.5, 0.6) is 5.75 Å². The highest BCUT2D eigenvalue weighted by Gasteiger charge is 2.24. The molecule has 1 aromatic heterocycles. The molecule has 2 heterocycles. The van der Waals surface area contributed by atoms with Crippen molar-refractivity contribution >= 4 is 11.4 Å². The first-order valence-corrected chi connectivity index (χ1v) is 8.29. The van der Waals surface area contributed by atoms with Gasteiger partial charge in [0.1, 0.15) is 17.1 Å². The largest absolute Gasteiger partial charge is 0.497 e. The number of hydrogen-bond donors (Lipinski definition) is 0. The SMILES string of the molecule is COc1ccc(N2CCN(Cn3nc(C)c([N+](=O)[O-])c3C)CC2)cc1. The quantitative estimate of drug-likeness (QED) is 0.611. The maximum absolute atomic E-state index is 11.1. The predicted octanol–water partition coefficient (Wildman–Crippen LogP) is 2.20. The van der Waals surface area contributed by atoms with Crippen molar-refractivity contribution in [3.8, 4) is 5.75 Å². The summed E-state index contributed by atoms with van der Waals surface area (Å²) in [7, 11) is 1.66. The summed E-state index contributed by atoms with van der Waals surface area (Å²) in [6, 6.07) is 8.07. The lowest BCUT2D eigenvalue weighted by Gasteiger charge is -2.36. The Hall–Kier alpha value is -2.61. The molecule has 0 aliphatic carbocycles. The fourth-order valence-corrected chi connectivity index (χ4v) is 3.22. The molecule has 0 radical (unpaired) electrons. The van der Waals surface area contributed by atoms with Gasteiger partial charge in [0.25, 0.3) is 0 Å². The van der Waals surface area contributed by atoms with Gasteiger partial charge in [-0.05, 0) is 38.1 Å². The molecule has 1 saturated heterocycles. The average Bonchev–Trinajstić information content (AvgIpc) is 2.89. The van der Waals surface area contributed by atoms with Crippen LogP contribution in [0, 0.1) is 24.0 Å². The summed E-state index contributed by atoms with van der Waals surface area (Å²) in [6.07, 6.45) is 0. The van der Waals surface area contributed by atoms with Crippen LogP contribution in [0.1, 0.15) is 11.4 Å². The summed E-state index contributed by atoms with van der Waals surface area (Å²) in [6.45, 7) is 7.61. The van der Waals surface area contributed by atoms with Crippen molar-refractivity contribution in [1.82, 2.24) is 14.7 Å². The van der Waals surface area contributed by atoms with Crippen molar-refractivity contribution in [2.75, 3.05) is 38.2 Å². The van der Waals surface area contributed by atoms with Crippen molar-refractivity contribution in [3.63, 3.8) is 0 Å². The fourth-order valence-electron chi connectivity index (χ4n) is 3.22. The van der Waals surface area contributed by atoms with Gasteiger partial charge in [-0.15, -0.1) is 0 Å². The number of rotatable bonds is 5. The third-order valence-corrected chi connectivity index (χ3v) is 4.67. The molecule has 25 heavy (non-hydrogen) atoms.